The van der Waals surface area contributed by atoms with Gasteiger partial charge in [-0.2, -0.15) is 0 Å². The Hall–Kier alpha value is -3.55. The molecule has 7 heteroatoms. The number of ether oxygens (including phenoxy) is 4. The van der Waals surface area contributed by atoms with Crippen molar-refractivity contribution in [2.45, 2.75) is 20.1 Å². The highest BCUT2D eigenvalue weighted by atomic mass is 79.9. The number of fused-ring (bicyclic) bond motifs is 3. The summed E-state index contributed by atoms with van der Waals surface area (Å²) in [5.74, 6) is 2.18. The zero-order valence-electron chi connectivity index (χ0n) is 19.3. The minimum atomic E-state index is -0.128. The molecule has 2 aliphatic rings. The first kappa shape index (κ1) is 21.9. The van der Waals surface area contributed by atoms with E-state index in [2.05, 4.69) is 22.0 Å². The number of carbonyl (C=O) groups excluding carboxylic acids is 1. The molecule has 2 aliphatic heterocycles. The minimum absolute atomic E-state index is 0.128. The molecule has 0 bridgehead atoms. The summed E-state index contributed by atoms with van der Waals surface area (Å²) in [6.07, 6.45) is 3.82. The highest BCUT2D eigenvalue weighted by Gasteiger charge is 2.30. The zero-order chi connectivity index (χ0) is 24.1. The predicted octanol–water partition coefficient (Wildman–Crippen LogP) is 6.31. The Labute approximate surface area is 210 Å². The lowest BCUT2D eigenvalue weighted by Crippen LogP contribution is -2.14. The highest BCUT2D eigenvalue weighted by Crippen LogP contribution is 2.40. The number of carbonyl (C=O) groups is 1. The Bertz CT molecular complexity index is 1530. The topological polar surface area (TPSA) is 58.9 Å². The number of hydrogen-bond donors (Lipinski definition) is 0. The molecule has 6 rings (SSSR count). The van der Waals surface area contributed by atoms with Crippen molar-refractivity contribution in [3.8, 4) is 17.2 Å². The number of aryl methyl sites for hydroxylation is 1. The number of nitrogens with zero attached hydrogens (tertiary/aromatic N) is 1. The molecule has 1 aromatic heterocycles. The van der Waals surface area contributed by atoms with E-state index in [0.717, 1.165) is 43.4 Å². The highest BCUT2D eigenvalue weighted by molar-refractivity contribution is 9.10. The van der Waals surface area contributed by atoms with E-state index in [1.807, 2.05) is 67.2 Å². The summed E-state index contributed by atoms with van der Waals surface area (Å²) in [6.45, 7) is 2.94. The lowest BCUT2D eigenvalue weighted by molar-refractivity contribution is -0.0176. The summed E-state index contributed by atoms with van der Waals surface area (Å²) < 4.78 is 26.3. The van der Waals surface area contributed by atoms with Gasteiger partial charge in [-0.1, -0.05) is 34.1 Å². The number of Topliss-reactive ketones (excluding diaryl/α,β-unsaturated/α-hetero) is 1. The molecule has 0 fully saturated rings. The molecule has 0 atom stereocenters. The molecule has 6 nitrogen and oxygen atoms in total. The van der Waals surface area contributed by atoms with Gasteiger partial charge < -0.3 is 23.5 Å². The first-order valence-corrected chi connectivity index (χ1v) is 12.1. The van der Waals surface area contributed by atoms with Crippen LogP contribution in [-0.4, -0.2) is 17.1 Å². The van der Waals surface area contributed by atoms with Crippen molar-refractivity contribution in [2.75, 3.05) is 6.79 Å². The summed E-state index contributed by atoms with van der Waals surface area (Å²) in [7, 11) is 1.99. The van der Waals surface area contributed by atoms with Crippen molar-refractivity contribution in [1.29, 1.82) is 0 Å². The number of ketones is 1. The average molecular weight is 532 g/mol. The van der Waals surface area contributed by atoms with Crippen LogP contribution in [0.4, 0.5) is 0 Å². The van der Waals surface area contributed by atoms with Crippen LogP contribution in [0.3, 0.4) is 0 Å². The molecule has 0 spiro atoms. The van der Waals surface area contributed by atoms with Gasteiger partial charge in [0.15, 0.2) is 12.6 Å². The van der Waals surface area contributed by atoms with E-state index < -0.39 is 0 Å². The molecule has 3 heterocycles. The largest absolute Gasteiger partial charge is 0.488 e. The number of benzene rings is 3. The molecule has 35 heavy (non-hydrogen) atoms. The van der Waals surface area contributed by atoms with Crippen LogP contribution in [0.25, 0.3) is 17.0 Å². The number of para-hydroxylation sites is 1. The fraction of sp³-hybridized carbons (Fsp3) is 0.179. The third kappa shape index (κ3) is 3.81. The third-order valence-corrected chi connectivity index (χ3v) is 6.84. The Morgan fingerprint density at radius 2 is 2.00 bits per heavy atom. The molecule has 0 radical (unpaired) electrons. The average Bonchev–Trinajstić information content (AvgIpc) is 3.35. The van der Waals surface area contributed by atoms with E-state index in [1.165, 1.54) is 0 Å². The fourth-order valence-corrected chi connectivity index (χ4v) is 5.23. The maximum atomic E-state index is 13.1. The van der Waals surface area contributed by atoms with Crippen LogP contribution in [-0.2, 0) is 25.0 Å². The predicted molar refractivity (Wildman–Crippen MR) is 136 cm³/mol. The van der Waals surface area contributed by atoms with Crippen molar-refractivity contribution in [3.63, 3.8) is 0 Å². The van der Waals surface area contributed by atoms with Gasteiger partial charge in [0.05, 0.1) is 12.2 Å². The molecule has 0 N–H and O–H groups in total. The summed E-state index contributed by atoms with van der Waals surface area (Å²) in [5, 5.41) is 1.07. The summed E-state index contributed by atoms with van der Waals surface area (Å²) in [5.41, 5.74) is 5.27. The maximum absolute atomic E-state index is 13.1. The van der Waals surface area contributed by atoms with Crippen LogP contribution >= 0.6 is 15.9 Å². The Balaban J connectivity index is 1.28. The van der Waals surface area contributed by atoms with Crippen LogP contribution in [0.5, 0.6) is 17.2 Å². The van der Waals surface area contributed by atoms with Gasteiger partial charge >= 0.3 is 0 Å². The third-order valence-electron chi connectivity index (χ3n) is 6.39. The second-order valence-electron chi connectivity index (χ2n) is 8.67. The second-order valence-corrected chi connectivity index (χ2v) is 9.59. The van der Waals surface area contributed by atoms with Gasteiger partial charge in [0.25, 0.3) is 0 Å². The van der Waals surface area contributed by atoms with Gasteiger partial charge in [0.2, 0.25) is 5.78 Å². The van der Waals surface area contributed by atoms with E-state index in [1.54, 1.807) is 6.07 Å². The van der Waals surface area contributed by atoms with Crippen LogP contribution < -0.4 is 14.2 Å². The first-order chi connectivity index (χ1) is 17.0. The molecule has 4 aromatic rings. The van der Waals surface area contributed by atoms with E-state index in [-0.39, 0.29) is 12.6 Å². The van der Waals surface area contributed by atoms with Crippen LogP contribution in [0.15, 0.2) is 65.0 Å². The number of aromatic nitrogens is 1. The molecule has 0 unspecified atom stereocenters. The number of halogens is 1. The molecular formula is C28H22BrNO5. The lowest BCUT2D eigenvalue weighted by atomic mass is 10.1. The monoisotopic (exact) mass is 531 g/mol. The number of allylic oxidation sites excluding steroid dienone is 1. The molecular weight excluding hydrogens is 510 g/mol. The minimum Gasteiger partial charge on any atom is -0.488 e. The van der Waals surface area contributed by atoms with Gasteiger partial charge in [-0.25, -0.2) is 0 Å². The Morgan fingerprint density at radius 3 is 2.89 bits per heavy atom. The molecule has 0 saturated heterocycles. The van der Waals surface area contributed by atoms with Gasteiger partial charge in [-0.3, -0.25) is 4.79 Å². The molecule has 3 aromatic carbocycles. The normalized spacial score (nSPS) is 15.6. The van der Waals surface area contributed by atoms with Crippen molar-refractivity contribution in [2.24, 2.45) is 7.05 Å². The van der Waals surface area contributed by atoms with Crippen molar-refractivity contribution in [3.05, 3.63) is 92.8 Å². The van der Waals surface area contributed by atoms with Crippen LogP contribution in [0, 0.1) is 6.92 Å². The number of hydrogen-bond acceptors (Lipinski definition) is 5. The summed E-state index contributed by atoms with van der Waals surface area (Å²) in [6, 6.07) is 15.7. The van der Waals surface area contributed by atoms with Gasteiger partial charge in [-0.15, -0.1) is 0 Å². The first-order valence-electron chi connectivity index (χ1n) is 11.3. The Morgan fingerprint density at radius 1 is 1.14 bits per heavy atom. The van der Waals surface area contributed by atoms with E-state index in [0.29, 0.717) is 36.0 Å². The smallest absolute Gasteiger partial charge is 0.231 e. The standard InChI is InChI=1S/C28H22BrNO5/c1-16-24(33-14-19-10-20(29)9-18-13-32-15-34-28(18)19)8-7-22-26(31)25(35-27(16)22)11-17-12-30(2)23-6-4-3-5-21(17)23/h3-12H,13-15H2,1-2H3/b25-11-. The Kier molecular flexibility index (Phi) is 5.39. The molecule has 0 aliphatic carbocycles. The van der Waals surface area contributed by atoms with Gasteiger partial charge in [0.1, 0.15) is 23.9 Å². The second kappa shape index (κ2) is 8.59. The van der Waals surface area contributed by atoms with Gasteiger partial charge in [-0.05, 0) is 43.3 Å². The SMILES string of the molecule is Cc1c(OCc2cc(Br)cc3c2OCOC3)ccc2c1O/C(=C\c1cn(C)c3ccccc13)C2=O. The molecule has 0 amide bonds. The number of rotatable bonds is 4. The quantitative estimate of drug-likeness (QED) is 0.289. The zero-order valence-corrected chi connectivity index (χ0v) is 20.8. The van der Waals surface area contributed by atoms with E-state index >= 15 is 0 Å². The van der Waals surface area contributed by atoms with Crippen molar-refractivity contribution < 1.29 is 23.7 Å². The van der Waals surface area contributed by atoms with Crippen LogP contribution in [0.1, 0.15) is 32.6 Å². The molecule has 176 valence electrons. The lowest BCUT2D eigenvalue weighted by Gasteiger charge is -2.21. The maximum Gasteiger partial charge on any atom is 0.231 e. The van der Waals surface area contributed by atoms with Crippen molar-refractivity contribution >= 4 is 38.7 Å². The fourth-order valence-electron chi connectivity index (χ4n) is 4.67. The van der Waals surface area contributed by atoms with E-state index in [9.17, 15) is 4.79 Å². The summed E-state index contributed by atoms with van der Waals surface area (Å²) in [4.78, 5) is 13.1. The summed E-state index contributed by atoms with van der Waals surface area (Å²) >= 11 is 3.55. The van der Waals surface area contributed by atoms with Crippen LogP contribution in [0.2, 0.25) is 0 Å². The van der Waals surface area contributed by atoms with Gasteiger partial charge in [0, 0.05) is 50.9 Å². The molecule has 0 saturated carbocycles. The van der Waals surface area contributed by atoms with E-state index in [4.69, 9.17) is 18.9 Å². The van der Waals surface area contributed by atoms with Crippen molar-refractivity contribution in [1.82, 2.24) is 4.57 Å².